The van der Waals surface area contributed by atoms with Gasteiger partial charge in [0.15, 0.2) is 11.6 Å². The summed E-state index contributed by atoms with van der Waals surface area (Å²) in [5.74, 6) is 2.59. The molecule has 5 aliphatic rings. The summed E-state index contributed by atoms with van der Waals surface area (Å²) >= 11 is 6.21. The van der Waals surface area contributed by atoms with Crippen LogP contribution in [0.5, 0.6) is 0 Å². The van der Waals surface area contributed by atoms with Gasteiger partial charge in [-0.15, -0.1) is 0 Å². The maximum atomic E-state index is 13.9. The standard InChI is InChI=1S/C22H32F2N8O2.C16H27ClN6O2.C15H22BF2N3O2/c1-22(2)14-34-11-9-32(22)21-28-19(16-13-26-17(25)12-15(16)18(23)24)27-20(29-21)31-6-4-30(5-7-31)8-10-33-3;1-16(2)12-25-11-9-23(16)15-19-13(17)18-14(20-15)22-6-4-21(5-7-22)8-10-24-3;1-14(2)15(3,4)23-16(22-14)11-8-19-12(20-9-21(5)6)7-10(11)13(17)18/h12-13,18H,4-11,14H2,1-3H3,(H2,25,26);4-12H2,1-3H3;7-9,13H,1-6H3. The number of alkyl halides is 4. The summed E-state index contributed by atoms with van der Waals surface area (Å²) in [5.41, 5.74) is 3.92. The monoisotopic (exact) mass is 1170 g/mol. The van der Waals surface area contributed by atoms with Crippen LogP contribution in [0.1, 0.15) is 79.4 Å². The third-order valence-corrected chi connectivity index (χ3v) is 15.2. The highest BCUT2D eigenvalue weighted by Gasteiger charge is 2.53. The van der Waals surface area contributed by atoms with Crippen LogP contribution < -0.4 is 30.8 Å². The van der Waals surface area contributed by atoms with Crippen LogP contribution in [-0.2, 0) is 28.3 Å². The average molecular weight is 1170 g/mol. The van der Waals surface area contributed by atoms with E-state index < -0.39 is 31.2 Å². The number of nitrogens with zero attached hydrogens (tertiary/aromatic N) is 16. The zero-order valence-electron chi connectivity index (χ0n) is 49.4. The second-order valence-electron chi connectivity index (χ2n) is 22.9. The Kier molecular flexibility index (Phi) is 21.9. The molecule has 0 atom stereocenters. The maximum absolute atomic E-state index is 13.9. The van der Waals surface area contributed by atoms with E-state index in [0.717, 1.165) is 65.5 Å². The van der Waals surface area contributed by atoms with Gasteiger partial charge in [0.1, 0.15) is 5.82 Å². The molecule has 0 spiro atoms. The molecule has 29 heteroatoms. The summed E-state index contributed by atoms with van der Waals surface area (Å²) in [4.78, 5) is 54.5. The molecule has 9 rings (SSSR count). The van der Waals surface area contributed by atoms with Crippen LogP contribution in [0.4, 0.5) is 53.0 Å². The van der Waals surface area contributed by atoms with Crippen molar-refractivity contribution in [3.05, 3.63) is 40.9 Å². The first-order valence-corrected chi connectivity index (χ1v) is 27.9. The summed E-state index contributed by atoms with van der Waals surface area (Å²) in [5, 5.41) is 0.240. The number of aliphatic imine (C=N–C) groups is 1. The van der Waals surface area contributed by atoms with E-state index in [-0.39, 0.29) is 56.0 Å². The van der Waals surface area contributed by atoms with E-state index in [4.69, 9.17) is 55.6 Å². The molecule has 23 nitrogen and oxygen atoms in total. The zero-order valence-corrected chi connectivity index (χ0v) is 50.2. The van der Waals surface area contributed by atoms with Crippen molar-refractivity contribution in [2.75, 3.05) is 172 Å². The number of ether oxygens (including phenoxy) is 4. The molecule has 0 radical (unpaired) electrons. The molecule has 2 N–H and O–H groups in total. The fraction of sp³-hybridized carbons (Fsp3) is 0.679. The number of methoxy groups -OCH3 is 2. The smallest absolute Gasteiger partial charge is 0.399 e. The van der Waals surface area contributed by atoms with Crippen molar-refractivity contribution in [2.45, 2.75) is 90.5 Å². The van der Waals surface area contributed by atoms with Gasteiger partial charge in [-0.1, -0.05) is 0 Å². The van der Waals surface area contributed by atoms with E-state index in [1.54, 1.807) is 33.2 Å². The number of halogens is 5. The predicted octanol–water partition coefficient (Wildman–Crippen LogP) is 5.29. The number of hydrogen-bond acceptors (Lipinski definition) is 22. The van der Waals surface area contributed by atoms with Gasteiger partial charge in [0.05, 0.1) is 68.3 Å². The molecule has 4 aromatic heterocycles. The Morgan fingerprint density at radius 2 is 1.13 bits per heavy atom. The summed E-state index contributed by atoms with van der Waals surface area (Å²) in [6.45, 7) is 29.5. The molecule has 5 aliphatic heterocycles. The van der Waals surface area contributed by atoms with Crippen molar-refractivity contribution in [3.63, 3.8) is 0 Å². The molecule has 0 aliphatic carbocycles. The molecule has 0 aromatic carbocycles. The van der Waals surface area contributed by atoms with Crippen LogP contribution in [-0.4, -0.2) is 237 Å². The van der Waals surface area contributed by atoms with Gasteiger partial charge in [0, 0.05) is 141 Å². The van der Waals surface area contributed by atoms with E-state index in [0.29, 0.717) is 76.5 Å². The number of morpholine rings is 2. The first kappa shape index (κ1) is 64.1. The van der Waals surface area contributed by atoms with Crippen molar-refractivity contribution in [3.8, 4) is 11.4 Å². The Bertz CT molecular complexity index is 2730. The second kappa shape index (κ2) is 28.0. The Labute approximate surface area is 484 Å². The molecule has 82 heavy (non-hydrogen) atoms. The van der Waals surface area contributed by atoms with Crippen molar-refractivity contribution >= 4 is 65.9 Å². The number of hydrogen-bond donors (Lipinski definition) is 1. The van der Waals surface area contributed by atoms with Crippen LogP contribution in [0.3, 0.4) is 0 Å². The number of aromatic nitrogens is 8. The Morgan fingerprint density at radius 3 is 1.61 bits per heavy atom. The molecular weight excluding hydrogens is 1090 g/mol. The van der Waals surface area contributed by atoms with E-state index in [1.165, 1.54) is 30.9 Å². The van der Waals surface area contributed by atoms with Crippen LogP contribution in [0, 0.1) is 0 Å². The second-order valence-corrected chi connectivity index (χ2v) is 23.2. The maximum Gasteiger partial charge on any atom is 0.496 e. The molecule has 452 valence electrons. The molecule has 5 fully saturated rings. The molecule has 0 bridgehead atoms. The lowest BCUT2D eigenvalue weighted by molar-refractivity contribution is 0.00578. The molecule has 0 amide bonds. The van der Waals surface area contributed by atoms with Gasteiger partial charge < -0.3 is 58.5 Å². The summed E-state index contributed by atoms with van der Waals surface area (Å²) in [6.07, 6.45) is -1.24. The summed E-state index contributed by atoms with van der Waals surface area (Å²) in [6, 6.07) is 2.45. The fourth-order valence-corrected chi connectivity index (χ4v) is 9.65. The summed E-state index contributed by atoms with van der Waals surface area (Å²) < 4.78 is 87.9. The van der Waals surface area contributed by atoms with Crippen molar-refractivity contribution in [1.29, 1.82) is 0 Å². The van der Waals surface area contributed by atoms with Crippen LogP contribution in [0.2, 0.25) is 5.28 Å². The number of piperazine rings is 2. The minimum atomic E-state index is -2.74. The van der Waals surface area contributed by atoms with Crippen molar-refractivity contribution in [1.82, 2.24) is 54.6 Å². The van der Waals surface area contributed by atoms with Gasteiger partial charge >= 0.3 is 7.12 Å². The van der Waals surface area contributed by atoms with E-state index in [9.17, 15) is 17.6 Å². The number of anilines is 5. The molecule has 0 unspecified atom stereocenters. The van der Waals surface area contributed by atoms with Gasteiger partial charge in [-0.05, 0) is 79.1 Å². The first-order chi connectivity index (χ1) is 38.8. The minimum absolute atomic E-state index is 0.0232. The quantitative estimate of drug-likeness (QED) is 0.0652. The van der Waals surface area contributed by atoms with E-state index in [1.807, 2.05) is 46.4 Å². The van der Waals surface area contributed by atoms with Crippen molar-refractivity contribution < 1.29 is 45.8 Å². The van der Waals surface area contributed by atoms with Crippen LogP contribution >= 0.6 is 11.6 Å². The first-order valence-electron chi connectivity index (χ1n) is 27.5. The number of nitrogens with two attached hydrogens (primary N) is 1. The largest absolute Gasteiger partial charge is 0.496 e. The number of pyridine rings is 2. The van der Waals surface area contributed by atoms with Crippen molar-refractivity contribution in [2.24, 2.45) is 4.99 Å². The Balaban J connectivity index is 0.000000182. The third-order valence-electron chi connectivity index (χ3n) is 15.1. The Hall–Kier alpha value is -5.46. The molecule has 9 heterocycles. The third kappa shape index (κ3) is 16.5. The van der Waals surface area contributed by atoms with Gasteiger partial charge in [0.2, 0.25) is 29.1 Å². The van der Waals surface area contributed by atoms with E-state index in [2.05, 4.69) is 73.2 Å². The van der Waals surface area contributed by atoms with Gasteiger partial charge in [-0.2, -0.15) is 29.9 Å². The SMILES string of the molecule is CN(C)C=Nc1cc(C(F)F)c(B2OC(C)(C)C(C)(C)O2)cn1.COCCN1CCN(c2nc(-c3cnc(N)cc3C(F)F)nc(N3CCOCC3(C)C)n2)CC1.COCCN1CCN(c2nc(Cl)nc(N3CCOCC3(C)C)n2)CC1. The minimum Gasteiger partial charge on any atom is -0.399 e. The highest BCUT2D eigenvalue weighted by atomic mass is 35.5. The normalized spacial score (nSPS) is 20.1. The van der Waals surface area contributed by atoms with Crippen LogP contribution in [0.25, 0.3) is 11.4 Å². The predicted molar refractivity (Wildman–Crippen MR) is 310 cm³/mol. The molecule has 0 saturated carbocycles. The van der Waals surface area contributed by atoms with Gasteiger partial charge in [-0.3, -0.25) is 9.80 Å². The van der Waals surface area contributed by atoms with Crippen LogP contribution in [0.15, 0.2) is 29.5 Å². The lowest BCUT2D eigenvalue weighted by Crippen LogP contribution is -2.54. The average Bonchev–Trinajstić information content (AvgIpc) is 3.91. The zero-order chi connectivity index (χ0) is 59.6. The highest BCUT2D eigenvalue weighted by molar-refractivity contribution is 6.62. The number of rotatable bonds is 16. The van der Waals surface area contributed by atoms with E-state index >= 15 is 0 Å². The number of nitrogen functional groups attached to an aromatic ring is 1. The van der Waals surface area contributed by atoms with Gasteiger partial charge in [-0.25, -0.2) is 32.5 Å². The molecule has 4 aromatic rings. The fourth-order valence-electron chi connectivity index (χ4n) is 9.50. The summed E-state index contributed by atoms with van der Waals surface area (Å²) in [7, 11) is 6.13. The molecular formula is C53H81BClF4N17O6. The highest BCUT2D eigenvalue weighted by Crippen LogP contribution is 2.38. The lowest BCUT2D eigenvalue weighted by atomic mass is 9.77. The molecule has 5 saturated heterocycles. The Morgan fingerprint density at radius 1 is 0.659 bits per heavy atom. The lowest BCUT2D eigenvalue weighted by Gasteiger charge is -2.42. The topological polar surface area (TPSA) is 220 Å². The van der Waals surface area contributed by atoms with Gasteiger partial charge in [0.25, 0.3) is 12.9 Å².